The van der Waals surface area contributed by atoms with Gasteiger partial charge in [0, 0.05) is 17.1 Å². The highest BCUT2D eigenvalue weighted by Gasteiger charge is 2.33. The van der Waals surface area contributed by atoms with E-state index in [-0.39, 0.29) is 12.1 Å². The van der Waals surface area contributed by atoms with Gasteiger partial charge >= 0.3 is 0 Å². The third-order valence-electron chi connectivity index (χ3n) is 6.25. The lowest BCUT2D eigenvalue weighted by Crippen LogP contribution is -2.30. The van der Waals surface area contributed by atoms with Crippen LogP contribution in [0.15, 0.2) is 48.4 Å². The van der Waals surface area contributed by atoms with E-state index in [1.165, 1.54) is 11.1 Å². The molecule has 2 unspecified atom stereocenters. The van der Waals surface area contributed by atoms with Gasteiger partial charge in [0.05, 0.1) is 43.1 Å². The summed E-state index contributed by atoms with van der Waals surface area (Å²) in [4.78, 5) is 8.60. The standard InChI is InChI=1S/C22H25N3O2S/c26-21(15-5-7-16(8-6-15)27-13-22-24-9-10-28-22)11-19-17-3-1-2-4-18(17)20-12-23-14-25(19)20/h1-4,9-10,12,14-16,19,21,26H,5-8,11,13H2. The van der Waals surface area contributed by atoms with E-state index in [0.717, 1.165) is 42.8 Å². The van der Waals surface area contributed by atoms with Crippen molar-refractivity contribution in [3.05, 3.63) is 58.9 Å². The number of thiazole rings is 1. The summed E-state index contributed by atoms with van der Waals surface area (Å²) in [5.41, 5.74) is 3.71. The average Bonchev–Trinajstić information content (AvgIpc) is 3.46. The number of fused-ring (bicyclic) bond motifs is 3. The number of nitrogens with zero attached hydrogens (tertiary/aromatic N) is 3. The molecule has 3 aromatic rings. The zero-order valence-electron chi connectivity index (χ0n) is 15.8. The second-order valence-electron chi connectivity index (χ2n) is 7.87. The fourth-order valence-electron chi connectivity index (χ4n) is 4.75. The number of hydrogen-bond donors (Lipinski definition) is 1. The Morgan fingerprint density at radius 1 is 1.21 bits per heavy atom. The Morgan fingerprint density at radius 2 is 2.07 bits per heavy atom. The first kappa shape index (κ1) is 18.0. The molecule has 28 heavy (non-hydrogen) atoms. The van der Waals surface area contributed by atoms with E-state index in [2.05, 4.69) is 38.8 Å². The van der Waals surface area contributed by atoms with E-state index in [0.29, 0.717) is 18.6 Å². The van der Waals surface area contributed by atoms with Gasteiger partial charge in [-0.25, -0.2) is 9.97 Å². The second-order valence-corrected chi connectivity index (χ2v) is 8.85. The maximum absolute atomic E-state index is 11.0. The Hall–Kier alpha value is -2.02. The van der Waals surface area contributed by atoms with E-state index >= 15 is 0 Å². The number of rotatable bonds is 6. The van der Waals surface area contributed by atoms with E-state index in [1.807, 2.05) is 24.1 Å². The average molecular weight is 396 g/mol. The van der Waals surface area contributed by atoms with Gasteiger partial charge in [-0.15, -0.1) is 11.3 Å². The van der Waals surface area contributed by atoms with Crippen LogP contribution >= 0.6 is 11.3 Å². The molecule has 5 rings (SSSR count). The van der Waals surface area contributed by atoms with Crippen LogP contribution in [-0.4, -0.2) is 31.8 Å². The van der Waals surface area contributed by atoms with Crippen LogP contribution in [0.5, 0.6) is 0 Å². The Labute approximate surface area is 169 Å². The molecule has 0 radical (unpaired) electrons. The molecule has 146 valence electrons. The highest BCUT2D eigenvalue weighted by Crippen LogP contribution is 2.42. The summed E-state index contributed by atoms with van der Waals surface area (Å²) < 4.78 is 8.24. The van der Waals surface area contributed by atoms with Crippen LogP contribution in [0.3, 0.4) is 0 Å². The molecule has 1 aromatic carbocycles. The summed E-state index contributed by atoms with van der Waals surface area (Å²) in [6, 6.07) is 8.68. The van der Waals surface area contributed by atoms with Crippen molar-refractivity contribution < 1.29 is 9.84 Å². The number of aliphatic hydroxyl groups excluding tert-OH is 1. The lowest BCUT2D eigenvalue weighted by atomic mass is 9.81. The van der Waals surface area contributed by atoms with Crippen LogP contribution in [-0.2, 0) is 11.3 Å². The molecule has 3 heterocycles. The lowest BCUT2D eigenvalue weighted by Gasteiger charge is -2.32. The number of ether oxygens (including phenoxy) is 1. The molecule has 5 nitrogen and oxygen atoms in total. The van der Waals surface area contributed by atoms with E-state index < -0.39 is 0 Å². The van der Waals surface area contributed by atoms with E-state index in [4.69, 9.17) is 4.74 Å². The predicted molar refractivity (Wildman–Crippen MR) is 109 cm³/mol. The first-order valence-corrected chi connectivity index (χ1v) is 11.0. The number of benzene rings is 1. The number of aromatic nitrogens is 3. The van der Waals surface area contributed by atoms with Gasteiger partial charge in [-0.2, -0.15) is 0 Å². The van der Waals surface area contributed by atoms with Crippen molar-refractivity contribution in [2.24, 2.45) is 5.92 Å². The highest BCUT2D eigenvalue weighted by molar-refractivity contribution is 7.09. The van der Waals surface area contributed by atoms with Crippen LogP contribution in [0.25, 0.3) is 11.3 Å². The summed E-state index contributed by atoms with van der Waals surface area (Å²) in [5, 5.41) is 14.0. The second kappa shape index (κ2) is 7.78. The van der Waals surface area contributed by atoms with Crippen LogP contribution in [0.2, 0.25) is 0 Å². The molecule has 6 heteroatoms. The molecule has 1 aliphatic carbocycles. The molecule has 0 amide bonds. The van der Waals surface area contributed by atoms with Crippen LogP contribution in [0.4, 0.5) is 0 Å². The first-order valence-electron chi connectivity index (χ1n) is 10.1. The van der Waals surface area contributed by atoms with Gasteiger partial charge in [-0.3, -0.25) is 0 Å². The summed E-state index contributed by atoms with van der Waals surface area (Å²) in [6.07, 6.45) is 10.5. The van der Waals surface area contributed by atoms with Gasteiger partial charge in [0.25, 0.3) is 0 Å². The molecule has 1 aliphatic heterocycles. The van der Waals surface area contributed by atoms with E-state index in [1.54, 1.807) is 11.3 Å². The molecule has 0 bridgehead atoms. The number of aliphatic hydroxyl groups is 1. The van der Waals surface area contributed by atoms with Crippen molar-refractivity contribution in [3.8, 4) is 11.3 Å². The van der Waals surface area contributed by atoms with Crippen molar-refractivity contribution in [2.45, 2.75) is 57.0 Å². The lowest BCUT2D eigenvalue weighted by molar-refractivity contribution is -0.0160. The molecule has 2 atom stereocenters. The Bertz CT molecular complexity index is 916. The fraction of sp³-hybridized carbons (Fsp3) is 0.455. The van der Waals surface area contributed by atoms with Crippen molar-refractivity contribution >= 4 is 11.3 Å². The fourth-order valence-corrected chi connectivity index (χ4v) is 5.28. The summed E-state index contributed by atoms with van der Waals surface area (Å²) in [6.45, 7) is 0.609. The summed E-state index contributed by atoms with van der Waals surface area (Å²) in [5.74, 6) is 0.347. The topological polar surface area (TPSA) is 60.2 Å². The molecule has 0 saturated heterocycles. The van der Waals surface area contributed by atoms with E-state index in [9.17, 15) is 5.11 Å². The van der Waals surface area contributed by atoms with Gasteiger partial charge in [0.2, 0.25) is 0 Å². The Morgan fingerprint density at radius 3 is 2.89 bits per heavy atom. The molecule has 1 N–H and O–H groups in total. The first-order chi connectivity index (χ1) is 13.8. The third-order valence-corrected chi connectivity index (χ3v) is 7.00. The minimum Gasteiger partial charge on any atom is -0.393 e. The molecule has 1 fully saturated rings. The maximum atomic E-state index is 11.0. The van der Waals surface area contributed by atoms with Crippen molar-refractivity contribution in [2.75, 3.05) is 0 Å². The van der Waals surface area contributed by atoms with Crippen LogP contribution in [0, 0.1) is 5.92 Å². The van der Waals surface area contributed by atoms with Gasteiger partial charge in [0.1, 0.15) is 5.01 Å². The van der Waals surface area contributed by atoms with Gasteiger partial charge in [-0.05, 0) is 43.6 Å². The predicted octanol–water partition coefficient (Wildman–Crippen LogP) is 4.44. The van der Waals surface area contributed by atoms with Crippen LogP contribution in [0.1, 0.15) is 48.7 Å². The molecular formula is C22H25N3O2S. The van der Waals surface area contributed by atoms with Crippen LogP contribution < -0.4 is 0 Å². The summed E-state index contributed by atoms with van der Waals surface area (Å²) in [7, 11) is 0. The quantitative estimate of drug-likeness (QED) is 0.670. The zero-order valence-corrected chi connectivity index (χ0v) is 16.6. The monoisotopic (exact) mass is 395 g/mol. The van der Waals surface area contributed by atoms with Crippen molar-refractivity contribution in [1.29, 1.82) is 0 Å². The largest absolute Gasteiger partial charge is 0.393 e. The van der Waals surface area contributed by atoms with Gasteiger partial charge < -0.3 is 14.4 Å². The normalized spacial score (nSPS) is 24.7. The molecule has 1 saturated carbocycles. The van der Waals surface area contributed by atoms with Crippen molar-refractivity contribution in [3.63, 3.8) is 0 Å². The number of hydrogen-bond acceptors (Lipinski definition) is 5. The highest BCUT2D eigenvalue weighted by atomic mass is 32.1. The third kappa shape index (κ3) is 3.41. The zero-order chi connectivity index (χ0) is 18.9. The maximum Gasteiger partial charge on any atom is 0.118 e. The smallest absolute Gasteiger partial charge is 0.118 e. The molecule has 0 spiro atoms. The van der Waals surface area contributed by atoms with Gasteiger partial charge in [-0.1, -0.05) is 24.3 Å². The Kier molecular flexibility index (Phi) is 5.01. The summed E-state index contributed by atoms with van der Waals surface area (Å²) >= 11 is 1.64. The van der Waals surface area contributed by atoms with Gasteiger partial charge in [0.15, 0.2) is 0 Å². The number of imidazole rings is 1. The molecule has 2 aliphatic rings. The minimum atomic E-state index is -0.300. The molecular weight excluding hydrogens is 370 g/mol. The SMILES string of the molecule is OC(CC1c2ccccc2-c2cncn21)C1CCC(OCc2nccs2)CC1. The Balaban J connectivity index is 1.19. The van der Waals surface area contributed by atoms with Crippen molar-refractivity contribution in [1.82, 2.24) is 14.5 Å². The molecule has 2 aromatic heterocycles. The minimum absolute atomic E-state index is 0.183.